The Bertz CT molecular complexity index is 238. The van der Waals surface area contributed by atoms with Gasteiger partial charge in [-0.2, -0.15) is 5.10 Å². The van der Waals surface area contributed by atoms with Crippen molar-refractivity contribution in [3.63, 3.8) is 0 Å². The largest absolute Gasteiger partial charge is 0.324 e. The maximum atomic E-state index is 5.37. The van der Waals surface area contributed by atoms with Gasteiger partial charge in [-0.1, -0.05) is 0 Å². The van der Waals surface area contributed by atoms with E-state index in [0.29, 0.717) is 6.54 Å². The van der Waals surface area contributed by atoms with E-state index in [4.69, 9.17) is 5.73 Å². The molecule has 0 spiro atoms. The zero-order chi connectivity index (χ0) is 7.68. The van der Waals surface area contributed by atoms with Crippen molar-refractivity contribution in [2.75, 3.05) is 0 Å². The molecule has 0 atom stereocenters. The molecule has 4 nitrogen and oxygen atoms in total. The molecule has 0 saturated heterocycles. The van der Waals surface area contributed by atoms with Crippen molar-refractivity contribution < 1.29 is 0 Å². The first-order chi connectivity index (χ1) is 5.38. The third-order valence-corrected chi connectivity index (χ3v) is 1.91. The number of hydrogen-bond acceptors (Lipinski definition) is 3. The molecule has 1 aliphatic rings. The summed E-state index contributed by atoms with van der Waals surface area (Å²) in [6.07, 6.45) is 4.45. The Hall–Kier alpha value is -0.900. The fraction of sp³-hybridized carbons (Fsp3) is 0.714. The second kappa shape index (κ2) is 2.62. The van der Waals surface area contributed by atoms with E-state index in [-0.39, 0.29) is 0 Å². The maximum Gasteiger partial charge on any atom is 0.164 e. The summed E-state index contributed by atoms with van der Waals surface area (Å²) in [7, 11) is 0. The van der Waals surface area contributed by atoms with E-state index in [2.05, 4.69) is 10.1 Å². The summed E-state index contributed by atoms with van der Waals surface area (Å²) in [6.45, 7) is 1.46. The molecule has 1 heterocycles. The second-order valence-electron chi connectivity index (χ2n) is 3.03. The number of rotatable bonds is 3. The van der Waals surface area contributed by atoms with Gasteiger partial charge < -0.3 is 5.73 Å². The lowest BCUT2D eigenvalue weighted by atomic mass is 10.4. The Balaban J connectivity index is 1.99. The van der Waals surface area contributed by atoms with Crippen LogP contribution >= 0.6 is 0 Å². The van der Waals surface area contributed by atoms with E-state index < -0.39 is 0 Å². The predicted octanol–water partition coefficient (Wildman–Crippen LogP) is 0.147. The minimum atomic E-state index is 0.442. The number of nitrogens with zero attached hydrogens (tertiary/aromatic N) is 3. The number of aromatic nitrogens is 3. The second-order valence-corrected chi connectivity index (χ2v) is 3.03. The molecule has 0 amide bonds. The summed E-state index contributed by atoms with van der Waals surface area (Å²) in [5, 5.41) is 4.19. The normalized spacial score (nSPS) is 17.2. The first kappa shape index (κ1) is 6.79. The van der Waals surface area contributed by atoms with Crippen molar-refractivity contribution in [2.24, 2.45) is 11.7 Å². The molecule has 1 fully saturated rings. The molecule has 11 heavy (non-hydrogen) atoms. The molecular formula is C7H12N4. The van der Waals surface area contributed by atoms with Gasteiger partial charge in [0.2, 0.25) is 0 Å². The zero-order valence-electron chi connectivity index (χ0n) is 6.40. The average molecular weight is 152 g/mol. The Morgan fingerprint density at radius 1 is 1.64 bits per heavy atom. The van der Waals surface area contributed by atoms with Gasteiger partial charge in [0.15, 0.2) is 5.82 Å². The lowest BCUT2D eigenvalue weighted by molar-refractivity contribution is 0.556. The summed E-state index contributed by atoms with van der Waals surface area (Å²) in [4.78, 5) is 4.04. The maximum absolute atomic E-state index is 5.37. The van der Waals surface area contributed by atoms with E-state index >= 15 is 0 Å². The highest BCUT2D eigenvalue weighted by atomic mass is 15.3. The molecule has 2 rings (SSSR count). The Kier molecular flexibility index (Phi) is 1.62. The summed E-state index contributed by atoms with van der Waals surface area (Å²) < 4.78 is 1.89. The van der Waals surface area contributed by atoms with Crippen molar-refractivity contribution in [3.05, 3.63) is 12.2 Å². The molecule has 1 aromatic heterocycles. The average Bonchev–Trinajstić information content (AvgIpc) is 2.68. The van der Waals surface area contributed by atoms with E-state index in [1.54, 1.807) is 6.33 Å². The minimum Gasteiger partial charge on any atom is -0.324 e. The van der Waals surface area contributed by atoms with Gasteiger partial charge in [-0.3, -0.25) is 4.68 Å². The van der Waals surface area contributed by atoms with Crippen LogP contribution in [0.25, 0.3) is 0 Å². The molecular weight excluding hydrogens is 140 g/mol. The van der Waals surface area contributed by atoms with E-state index in [1.165, 1.54) is 12.8 Å². The van der Waals surface area contributed by atoms with Crippen LogP contribution < -0.4 is 5.73 Å². The quantitative estimate of drug-likeness (QED) is 0.670. The highest BCUT2D eigenvalue weighted by molar-refractivity contribution is 4.81. The van der Waals surface area contributed by atoms with E-state index in [0.717, 1.165) is 18.3 Å². The monoisotopic (exact) mass is 152 g/mol. The van der Waals surface area contributed by atoms with Crippen molar-refractivity contribution in [1.82, 2.24) is 14.8 Å². The van der Waals surface area contributed by atoms with Crippen molar-refractivity contribution in [2.45, 2.75) is 25.9 Å². The molecule has 0 aliphatic heterocycles. The van der Waals surface area contributed by atoms with Crippen molar-refractivity contribution in [3.8, 4) is 0 Å². The fourth-order valence-corrected chi connectivity index (χ4v) is 1.08. The van der Waals surface area contributed by atoms with Crippen LogP contribution in [0.2, 0.25) is 0 Å². The zero-order valence-corrected chi connectivity index (χ0v) is 6.40. The standard InChI is InChI=1S/C7H12N4/c8-3-7-9-5-11(10-7)4-6-1-2-6/h5-6H,1-4,8H2. The third kappa shape index (κ3) is 1.57. The van der Waals surface area contributed by atoms with Gasteiger partial charge in [0.05, 0.1) is 6.54 Å². The molecule has 0 aromatic carbocycles. The Morgan fingerprint density at radius 2 is 2.45 bits per heavy atom. The van der Waals surface area contributed by atoms with E-state index in [9.17, 15) is 0 Å². The Labute approximate surface area is 65.4 Å². The van der Waals surface area contributed by atoms with E-state index in [1.807, 2.05) is 4.68 Å². The smallest absolute Gasteiger partial charge is 0.164 e. The van der Waals surface area contributed by atoms with Gasteiger partial charge in [-0.25, -0.2) is 4.98 Å². The van der Waals surface area contributed by atoms with Gasteiger partial charge in [-0.05, 0) is 18.8 Å². The molecule has 60 valence electrons. The summed E-state index contributed by atoms with van der Waals surface area (Å²) in [5.41, 5.74) is 5.37. The van der Waals surface area contributed by atoms with Crippen LogP contribution in [0.5, 0.6) is 0 Å². The van der Waals surface area contributed by atoms with Crippen LogP contribution in [0.3, 0.4) is 0 Å². The van der Waals surface area contributed by atoms with Gasteiger partial charge in [0.1, 0.15) is 6.33 Å². The van der Waals surface area contributed by atoms with Gasteiger partial charge in [0, 0.05) is 6.54 Å². The summed E-state index contributed by atoms with van der Waals surface area (Å²) in [6, 6.07) is 0. The number of nitrogens with two attached hydrogens (primary N) is 1. The van der Waals surface area contributed by atoms with Crippen LogP contribution in [0.15, 0.2) is 6.33 Å². The molecule has 0 radical (unpaired) electrons. The fourth-order valence-electron chi connectivity index (χ4n) is 1.08. The molecule has 2 N–H and O–H groups in total. The first-order valence-electron chi connectivity index (χ1n) is 3.97. The van der Waals surface area contributed by atoms with Crippen LogP contribution in [-0.4, -0.2) is 14.8 Å². The lowest BCUT2D eigenvalue weighted by Gasteiger charge is -1.94. The molecule has 4 heteroatoms. The van der Waals surface area contributed by atoms with Crippen molar-refractivity contribution >= 4 is 0 Å². The first-order valence-corrected chi connectivity index (χ1v) is 3.97. The topological polar surface area (TPSA) is 56.7 Å². The molecule has 1 saturated carbocycles. The number of hydrogen-bond donors (Lipinski definition) is 1. The van der Waals surface area contributed by atoms with Gasteiger partial charge in [0.25, 0.3) is 0 Å². The summed E-state index contributed by atoms with van der Waals surface area (Å²) >= 11 is 0. The third-order valence-electron chi connectivity index (χ3n) is 1.91. The van der Waals surface area contributed by atoms with Gasteiger partial charge >= 0.3 is 0 Å². The SMILES string of the molecule is NCc1ncn(CC2CC2)n1. The van der Waals surface area contributed by atoms with Gasteiger partial charge in [-0.15, -0.1) is 0 Å². The van der Waals surface area contributed by atoms with Crippen LogP contribution in [0.4, 0.5) is 0 Å². The highest BCUT2D eigenvalue weighted by Crippen LogP contribution is 2.29. The molecule has 0 bridgehead atoms. The van der Waals surface area contributed by atoms with Crippen molar-refractivity contribution in [1.29, 1.82) is 0 Å². The summed E-state index contributed by atoms with van der Waals surface area (Å²) in [5.74, 6) is 1.59. The lowest BCUT2D eigenvalue weighted by Crippen LogP contribution is -2.03. The molecule has 0 unspecified atom stereocenters. The Morgan fingerprint density at radius 3 is 3.00 bits per heavy atom. The molecule has 1 aromatic rings. The highest BCUT2D eigenvalue weighted by Gasteiger charge is 2.21. The van der Waals surface area contributed by atoms with Crippen LogP contribution in [-0.2, 0) is 13.1 Å². The minimum absolute atomic E-state index is 0.442. The van der Waals surface area contributed by atoms with Crippen LogP contribution in [0, 0.1) is 5.92 Å². The van der Waals surface area contributed by atoms with Crippen LogP contribution in [0.1, 0.15) is 18.7 Å². The molecule has 1 aliphatic carbocycles. The predicted molar refractivity (Wildman–Crippen MR) is 40.6 cm³/mol.